The lowest BCUT2D eigenvalue weighted by atomic mass is 9.69. The number of nitrogens with zero attached hydrogens (tertiary/aromatic N) is 1. The Morgan fingerprint density at radius 2 is 2.10 bits per heavy atom. The summed E-state index contributed by atoms with van der Waals surface area (Å²) in [6, 6.07) is -0.0221. The third kappa shape index (κ3) is 1.52. The first-order valence-corrected chi connectivity index (χ1v) is 9.10. The molecule has 0 radical (unpaired) electrons. The number of aliphatic hydroxyl groups excluding tert-OH is 1. The predicted octanol–water partition coefficient (Wildman–Crippen LogP) is 2.11. The molecule has 3 unspecified atom stereocenters. The maximum Gasteiger partial charge on any atom is 0.217 e. The molecular weight excluding hydrogens is 274 g/mol. The molecule has 1 aliphatic heterocycles. The Labute approximate surface area is 121 Å². The highest BCUT2D eigenvalue weighted by atomic mass is 32.2. The summed E-state index contributed by atoms with van der Waals surface area (Å²) in [6.45, 7) is 8.07. The van der Waals surface area contributed by atoms with Gasteiger partial charge in [-0.25, -0.2) is 8.42 Å². The van der Waals surface area contributed by atoms with Gasteiger partial charge in [-0.1, -0.05) is 19.9 Å². The summed E-state index contributed by atoms with van der Waals surface area (Å²) in [5, 5.41) is 10.5. The minimum atomic E-state index is -3.37. The smallest absolute Gasteiger partial charge is 0.217 e. The van der Waals surface area contributed by atoms with Crippen LogP contribution in [-0.2, 0) is 10.0 Å². The van der Waals surface area contributed by atoms with E-state index in [-0.39, 0.29) is 22.6 Å². The summed E-state index contributed by atoms with van der Waals surface area (Å²) in [7, 11) is -3.37. The molecule has 2 aliphatic carbocycles. The summed E-state index contributed by atoms with van der Waals surface area (Å²) in [5.74, 6) is 0.797. The van der Waals surface area contributed by atoms with Gasteiger partial charge in [-0.3, -0.25) is 0 Å². The molecule has 0 aromatic heterocycles. The fourth-order valence-corrected chi connectivity index (χ4v) is 7.65. The molecule has 0 amide bonds. The highest BCUT2D eigenvalue weighted by Gasteiger charge is 2.72. The molecule has 4 nitrogen and oxygen atoms in total. The first-order chi connectivity index (χ1) is 9.17. The van der Waals surface area contributed by atoms with E-state index in [0.29, 0.717) is 11.5 Å². The van der Waals surface area contributed by atoms with Crippen LogP contribution in [0, 0.1) is 16.7 Å². The van der Waals surface area contributed by atoms with Gasteiger partial charge in [0.15, 0.2) is 0 Å². The highest BCUT2D eigenvalue weighted by molar-refractivity contribution is 7.89. The van der Waals surface area contributed by atoms with Gasteiger partial charge in [-0.15, -0.1) is 0 Å². The van der Waals surface area contributed by atoms with Crippen molar-refractivity contribution in [2.24, 2.45) is 16.7 Å². The van der Waals surface area contributed by atoms with Crippen LogP contribution in [-0.4, -0.2) is 35.9 Å². The van der Waals surface area contributed by atoms with Crippen molar-refractivity contribution in [1.29, 1.82) is 0 Å². The molecule has 0 aromatic carbocycles. The molecule has 1 heterocycles. The van der Waals surface area contributed by atoms with Crippen molar-refractivity contribution < 1.29 is 13.5 Å². The molecule has 114 valence electrons. The Morgan fingerprint density at radius 1 is 1.45 bits per heavy atom. The zero-order chi connectivity index (χ0) is 14.9. The minimum Gasteiger partial charge on any atom is -0.373 e. The molecule has 5 heteroatoms. The van der Waals surface area contributed by atoms with Crippen molar-refractivity contribution in [3.8, 4) is 0 Å². The second kappa shape index (κ2) is 4.08. The molecule has 3 aliphatic rings. The Bertz CT molecular complexity index is 566. The van der Waals surface area contributed by atoms with Crippen LogP contribution >= 0.6 is 0 Å². The number of sulfonamides is 1. The number of hydrogen-bond acceptors (Lipinski definition) is 3. The Morgan fingerprint density at radius 3 is 2.65 bits per heavy atom. The van der Waals surface area contributed by atoms with Gasteiger partial charge in [0.05, 0.1) is 5.75 Å². The van der Waals surface area contributed by atoms with Crippen LogP contribution in [0.4, 0.5) is 0 Å². The van der Waals surface area contributed by atoms with Gasteiger partial charge in [-0.05, 0) is 50.0 Å². The predicted molar refractivity (Wildman–Crippen MR) is 78.4 cm³/mol. The van der Waals surface area contributed by atoms with Crippen LogP contribution in [0.2, 0.25) is 0 Å². The second-order valence-corrected chi connectivity index (χ2v) is 9.23. The molecule has 3 rings (SSSR count). The Balaban J connectivity index is 2.07. The quantitative estimate of drug-likeness (QED) is 0.795. The normalized spacial score (nSPS) is 43.8. The van der Waals surface area contributed by atoms with Gasteiger partial charge in [0.1, 0.15) is 6.23 Å². The third-order valence-corrected chi connectivity index (χ3v) is 8.54. The topological polar surface area (TPSA) is 57.6 Å². The van der Waals surface area contributed by atoms with Crippen LogP contribution in [0.3, 0.4) is 0 Å². The van der Waals surface area contributed by atoms with Crippen LogP contribution in [0.15, 0.2) is 11.6 Å². The third-order valence-electron chi connectivity index (χ3n) is 6.56. The van der Waals surface area contributed by atoms with Crippen molar-refractivity contribution in [2.75, 3.05) is 5.75 Å². The molecule has 0 aromatic rings. The van der Waals surface area contributed by atoms with Gasteiger partial charge in [-0.2, -0.15) is 4.31 Å². The van der Waals surface area contributed by atoms with E-state index in [1.54, 1.807) is 13.0 Å². The van der Waals surface area contributed by atoms with E-state index in [4.69, 9.17) is 0 Å². The number of aliphatic hydroxyl groups is 1. The SMILES string of the molecule is C/C=C(\C)C(O)N1C2CC3CC[C@@]2(CS1(=O)=O)C3(C)C. The summed E-state index contributed by atoms with van der Waals surface area (Å²) in [5.41, 5.74) is 0.611. The second-order valence-electron chi connectivity index (χ2n) is 7.36. The van der Waals surface area contributed by atoms with E-state index >= 15 is 0 Å². The van der Waals surface area contributed by atoms with Gasteiger partial charge in [0, 0.05) is 11.5 Å². The first-order valence-electron chi connectivity index (χ1n) is 7.49. The molecule has 1 spiro atoms. The standard InChI is InChI=1S/C15H25NO3S/c1-5-10(2)13(17)16-12-8-11-6-7-15(12,14(11,3)4)9-20(16,18)19/h5,11-13,17H,6-9H2,1-4H3/b10-5+/t11?,12?,13?,15-/m0/s1. The first kappa shape index (κ1) is 14.5. The molecular formula is C15H25NO3S. The zero-order valence-electron chi connectivity index (χ0n) is 12.8. The minimum absolute atomic E-state index is 0.0221. The Kier molecular flexibility index (Phi) is 2.97. The van der Waals surface area contributed by atoms with Crippen molar-refractivity contribution in [2.45, 2.75) is 59.2 Å². The number of hydrogen-bond donors (Lipinski definition) is 1. The average Bonchev–Trinajstić information content (AvgIpc) is 2.83. The van der Waals surface area contributed by atoms with E-state index in [0.717, 1.165) is 19.3 Å². The van der Waals surface area contributed by atoms with Gasteiger partial charge >= 0.3 is 0 Å². The lowest BCUT2D eigenvalue weighted by Gasteiger charge is -2.38. The fourth-order valence-electron chi connectivity index (χ4n) is 4.99. The van der Waals surface area contributed by atoms with E-state index in [9.17, 15) is 13.5 Å². The van der Waals surface area contributed by atoms with E-state index in [1.807, 2.05) is 6.92 Å². The van der Waals surface area contributed by atoms with Crippen LogP contribution in [0.5, 0.6) is 0 Å². The number of rotatable bonds is 2. The lowest BCUT2D eigenvalue weighted by molar-refractivity contribution is 0.0294. The maximum atomic E-state index is 12.6. The summed E-state index contributed by atoms with van der Waals surface area (Å²) in [4.78, 5) is 0. The molecule has 4 atom stereocenters. The van der Waals surface area contributed by atoms with Gasteiger partial charge < -0.3 is 5.11 Å². The fraction of sp³-hybridized carbons (Fsp3) is 0.867. The summed E-state index contributed by atoms with van der Waals surface area (Å²) < 4.78 is 26.7. The largest absolute Gasteiger partial charge is 0.373 e. The number of allylic oxidation sites excluding steroid dienone is 1. The van der Waals surface area contributed by atoms with E-state index in [2.05, 4.69) is 13.8 Å². The summed E-state index contributed by atoms with van der Waals surface area (Å²) in [6.07, 6.45) is 3.81. The van der Waals surface area contributed by atoms with Crippen molar-refractivity contribution >= 4 is 10.0 Å². The van der Waals surface area contributed by atoms with Crippen molar-refractivity contribution in [3.05, 3.63) is 11.6 Å². The zero-order valence-corrected chi connectivity index (χ0v) is 13.6. The van der Waals surface area contributed by atoms with Gasteiger partial charge in [0.2, 0.25) is 10.0 Å². The molecule has 2 bridgehead atoms. The summed E-state index contributed by atoms with van der Waals surface area (Å²) >= 11 is 0. The number of fused-ring (bicyclic) bond motifs is 1. The average molecular weight is 299 g/mol. The van der Waals surface area contributed by atoms with E-state index in [1.165, 1.54) is 4.31 Å². The molecule has 1 N–H and O–H groups in total. The lowest BCUT2D eigenvalue weighted by Crippen LogP contribution is -2.46. The maximum absolute atomic E-state index is 12.6. The van der Waals surface area contributed by atoms with Crippen LogP contribution in [0.1, 0.15) is 47.0 Å². The van der Waals surface area contributed by atoms with E-state index < -0.39 is 16.3 Å². The van der Waals surface area contributed by atoms with Crippen molar-refractivity contribution in [1.82, 2.24) is 4.31 Å². The highest BCUT2D eigenvalue weighted by Crippen LogP contribution is 2.70. The van der Waals surface area contributed by atoms with Gasteiger partial charge in [0.25, 0.3) is 0 Å². The van der Waals surface area contributed by atoms with Crippen molar-refractivity contribution in [3.63, 3.8) is 0 Å². The molecule has 3 fully saturated rings. The molecule has 20 heavy (non-hydrogen) atoms. The molecule has 1 saturated heterocycles. The van der Waals surface area contributed by atoms with Crippen LogP contribution in [0.25, 0.3) is 0 Å². The monoisotopic (exact) mass is 299 g/mol. The Hall–Kier alpha value is -0.390. The molecule has 2 saturated carbocycles. The van der Waals surface area contributed by atoms with Crippen LogP contribution < -0.4 is 0 Å².